The number of aryl methyl sites for hydroxylation is 2. The highest BCUT2D eigenvalue weighted by Crippen LogP contribution is 2.40. The Balaban J connectivity index is 1.09. The van der Waals surface area contributed by atoms with Crippen molar-refractivity contribution in [1.29, 1.82) is 0 Å². The van der Waals surface area contributed by atoms with Gasteiger partial charge >= 0.3 is 0 Å². The monoisotopic (exact) mass is 630 g/mol. The van der Waals surface area contributed by atoms with Gasteiger partial charge in [0.2, 0.25) is 5.91 Å². The first-order valence-electron chi connectivity index (χ1n) is 16.7. The van der Waals surface area contributed by atoms with E-state index in [-0.39, 0.29) is 23.9 Å². The molecule has 11 heteroatoms. The lowest BCUT2D eigenvalue weighted by atomic mass is 10.0. The van der Waals surface area contributed by atoms with Gasteiger partial charge in [-0.25, -0.2) is 9.97 Å². The number of rotatable bonds is 7. The van der Waals surface area contributed by atoms with Gasteiger partial charge in [0, 0.05) is 61.0 Å². The molecule has 5 aromatic rings. The highest BCUT2D eigenvalue weighted by molar-refractivity contribution is 6.00. The zero-order chi connectivity index (χ0) is 32.0. The number of imidazole rings is 1. The van der Waals surface area contributed by atoms with E-state index in [9.17, 15) is 9.59 Å². The van der Waals surface area contributed by atoms with Gasteiger partial charge in [-0.3, -0.25) is 9.59 Å². The van der Waals surface area contributed by atoms with Crippen molar-refractivity contribution in [3.63, 3.8) is 0 Å². The Hall–Kier alpha value is -4.90. The van der Waals surface area contributed by atoms with E-state index in [4.69, 9.17) is 20.4 Å². The number of amides is 2. The van der Waals surface area contributed by atoms with Crippen molar-refractivity contribution in [3.8, 4) is 17.3 Å². The number of ether oxygens (including phenoxy) is 1. The average Bonchev–Trinajstić information content (AvgIpc) is 3.48. The van der Waals surface area contributed by atoms with Gasteiger partial charge in [0.05, 0.1) is 18.3 Å². The van der Waals surface area contributed by atoms with Gasteiger partial charge in [0.15, 0.2) is 5.82 Å². The van der Waals surface area contributed by atoms with E-state index in [0.717, 1.165) is 82.1 Å². The molecular weight excluding hydrogens is 592 g/mol. The lowest BCUT2D eigenvalue weighted by Crippen LogP contribution is -2.41. The molecule has 1 saturated heterocycles. The average molecular weight is 631 g/mol. The molecule has 0 radical (unpaired) electrons. The van der Waals surface area contributed by atoms with Crippen molar-refractivity contribution in [3.05, 3.63) is 59.7 Å². The SMILES string of the molecule is COc1cc(C(=O)N2CC3CCC2C3N)cc2nc(-c3cc4ccc(Nc5ccc6c(c5)CCC(=O)N6)nc4n3CC3CC3)n(C)c12. The van der Waals surface area contributed by atoms with Crippen LogP contribution in [0.3, 0.4) is 0 Å². The predicted octanol–water partition coefficient (Wildman–Crippen LogP) is 5.20. The van der Waals surface area contributed by atoms with Gasteiger partial charge in [-0.1, -0.05) is 0 Å². The molecule has 0 spiro atoms. The van der Waals surface area contributed by atoms with Crippen LogP contribution in [0.5, 0.6) is 5.75 Å². The Morgan fingerprint density at radius 3 is 2.70 bits per heavy atom. The maximum Gasteiger partial charge on any atom is 0.254 e. The Morgan fingerprint density at radius 2 is 1.94 bits per heavy atom. The number of anilines is 3. The standard InChI is InChI=1S/C36H38N8O3/c1-42-33-26(14-23(16-29(33)47-2)36(46)44-18-22-5-10-27(44)32(22)37)40-35(42)28-15-21-6-11-30(41-34(21)43(28)17-19-3-4-19)38-24-8-9-25-20(13-24)7-12-31(45)39-25/h6,8-9,11,13-16,19,22,27,32H,3-5,7,10,12,17-18,37H2,1-2H3,(H,38,41)(H,39,45). The smallest absolute Gasteiger partial charge is 0.254 e. The molecule has 2 amide bonds. The number of hydrogen-bond acceptors (Lipinski definition) is 7. The minimum Gasteiger partial charge on any atom is -0.494 e. The zero-order valence-electron chi connectivity index (χ0n) is 26.6. The number of piperidine rings is 1. The summed E-state index contributed by atoms with van der Waals surface area (Å²) in [6, 6.07) is 16.2. The summed E-state index contributed by atoms with van der Waals surface area (Å²) in [4.78, 5) is 37.7. The Kier molecular flexibility index (Phi) is 6.37. The number of pyridine rings is 1. The summed E-state index contributed by atoms with van der Waals surface area (Å²) in [5.74, 6) is 3.23. The van der Waals surface area contributed by atoms with E-state index in [1.165, 1.54) is 12.8 Å². The molecule has 2 aliphatic carbocycles. The van der Waals surface area contributed by atoms with E-state index in [1.807, 2.05) is 42.3 Å². The van der Waals surface area contributed by atoms with Crippen LogP contribution in [0.2, 0.25) is 0 Å². The summed E-state index contributed by atoms with van der Waals surface area (Å²) in [5, 5.41) is 7.47. The minimum atomic E-state index is -0.00388. The molecule has 3 unspecified atom stereocenters. The molecule has 3 aromatic heterocycles. The molecule has 11 nitrogen and oxygen atoms in total. The summed E-state index contributed by atoms with van der Waals surface area (Å²) in [6.45, 7) is 1.57. The molecule has 2 bridgehead atoms. The number of benzene rings is 2. The van der Waals surface area contributed by atoms with Gasteiger partial charge < -0.3 is 35.1 Å². The molecule has 3 fully saturated rings. The molecule has 2 saturated carbocycles. The number of likely N-dealkylation sites (tertiary alicyclic amines) is 1. The third-order valence-electron chi connectivity index (χ3n) is 10.7. The maximum atomic E-state index is 13.7. The van der Waals surface area contributed by atoms with Crippen molar-refractivity contribution in [1.82, 2.24) is 24.0 Å². The molecule has 4 aliphatic rings. The number of aromatic nitrogens is 4. The summed E-state index contributed by atoms with van der Waals surface area (Å²) in [5.41, 5.74) is 13.4. The molecule has 9 rings (SSSR count). The normalized spacial score (nSPS) is 21.8. The second-order valence-corrected chi connectivity index (χ2v) is 13.7. The van der Waals surface area contributed by atoms with Crippen LogP contribution in [-0.2, 0) is 24.8 Å². The highest BCUT2D eigenvalue weighted by atomic mass is 16.5. The molecule has 2 aliphatic heterocycles. The first-order chi connectivity index (χ1) is 22.8. The van der Waals surface area contributed by atoms with Crippen LogP contribution in [0.1, 0.15) is 48.0 Å². The zero-order valence-corrected chi connectivity index (χ0v) is 26.6. The first-order valence-corrected chi connectivity index (χ1v) is 16.7. The van der Waals surface area contributed by atoms with E-state index in [2.05, 4.69) is 38.0 Å². The topological polar surface area (TPSA) is 132 Å². The number of nitrogens with two attached hydrogens (primary N) is 1. The largest absolute Gasteiger partial charge is 0.494 e. The second-order valence-electron chi connectivity index (χ2n) is 13.7. The lowest BCUT2D eigenvalue weighted by molar-refractivity contribution is -0.116. The second kappa shape index (κ2) is 10.6. The third kappa shape index (κ3) is 4.66. The van der Waals surface area contributed by atoms with Gasteiger partial charge in [-0.05, 0) is 98.0 Å². The third-order valence-corrected chi connectivity index (χ3v) is 10.7. The Labute approximate surface area is 272 Å². The molecule has 5 heterocycles. The first kappa shape index (κ1) is 28.3. The van der Waals surface area contributed by atoms with E-state index >= 15 is 0 Å². The number of methoxy groups -OCH3 is 1. The van der Waals surface area contributed by atoms with Crippen LogP contribution < -0.4 is 21.1 Å². The number of hydrogen-bond donors (Lipinski definition) is 3. The van der Waals surface area contributed by atoms with Crippen molar-refractivity contribution in [2.75, 3.05) is 24.3 Å². The van der Waals surface area contributed by atoms with Gasteiger partial charge in [0.25, 0.3) is 5.91 Å². The van der Waals surface area contributed by atoms with Crippen molar-refractivity contribution in [2.45, 2.75) is 57.2 Å². The molecule has 3 atom stereocenters. The Bertz CT molecular complexity index is 2110. The lowest BCUT2D eigenvalue weighted by Gasteiger charge is -2.27. The van der Waals surface area contributed by atoms with Crippen molar-refractivity contribution < 1.29 is 14.3 Å². The molecule has 47 heavy (non-hydrogen) atoms. The number of fused-ring (bicyclic) bond motifs is 5. The van der Waals surface area contributed by atoms with Gasteiger partial charge in [-0.2, -0.15) is 0 Å². The molecular formula is C36H38N8O3. The quantitative estimate of drug-likeness (QED) is 0.225. The van der Waals surface area contributed by atoms with Gasteiger partial charge in [-0.15, -0.1) is 0 Å². The van der Waals surface area contributed by atoms with Crippen LogP contribution in [0, 0.1) is 11.8 Å². The number of carbonyl (C=O) groups excluding carboxylic acids is 2. The van der Waals surface area contributed by atoms with Crippen molar-refractivity contribution >= 4 is 51.1 Å². The minimum absolute atomic E-state index is 0.00388. The number of nitrogens with one attached hydrogen (secondary N) is 2. The fraction of sp³-hybridized carbons (Fsp3) is 0.389. The fourth-order valence-corrected chi connectivity index (χ4v) is 8.00. The van der Waals surface area contributed by atoms with Gasteiger partial charge in [0.1, 0.15) is 22.7 Å². The van der Waals surface area contributed by atoms with Crippen molar-refractivity contribution in [2.24, 2.45) is 24.6 Å². The fourth-order valence-electron chi connectivity index (χ4n) is 8.00. The molecule has 240 valence electrons. The van der Waals surface area contributed by atoms with Crippen LogP contribution in [0.15, 0.2) is 48.5 Å². The summed E-state index contributed by atoms with van der Waals surface area (Å²) in [7, 11) is 3.65. The Morgan fingerprint density at radius 1 is 1.06 bits per heavy atom. The van der Waals surface area contributed by atoms with Crippen LogP contribution in [0.4, 0.5) is 17.2 Å². The van der Waals surface area contributed by atoms with E-state index in [1.54, 1.807) is 7.11 Å². The maximum absolute atomic E-state index is 13.7. The van der Waals surface area contributed by atoms with Crippen LogP contribution >= 0.6 is 0 Å². The summed E-state index contributed by atoms with van der Waals surface area (Å²) in [6.07, 6.45) is 5.69. The molecule has 4 N–H and O–H groups in total. The number of nitrogens with zero attached hydrogens (tertiary/aromatic N) is 5. The van der Waals surface area contributed by atoms with Crippen LogP contribution in [-0.4, -0.2) is 61.6 Å². The van der Waals surface area contributed by atoms with E-state index in [0.29, 0.717) is 36.1 Å². The predicted molar refractivity (Wildman–Crippen MR) is 181 cm³/mol. The summed E-state index contributed by atoms with van der Waals surface area (Å²) < 4.78 is 10.2. The summed E-state index contributed by atoms with van der Waals surface area (Å²) >= 11 is 0. The highest BCUT2D eigenvalue weighted by Gasteiger charge is 2.47. The van der Waals surface area contributed by atoms with Crippen LogP contribution in [0.25, 0.3) is 33.6 Å². The van der Waals surface area contributed by atoms with E-state index < -0.39 is 0 Å². The number of carbonyl (C=O) groups is 2. The molecule has 2 aromatic carbocycles.